The molecule has 14 nitrogen and oxygen atoms in total. The van der Waals surface area contributed by atoms with Crippen LogP contribution < -0.4 is 16.2 Å². The number of amides is 2. The predicted octanol–water partition coefficient (Wildman–Crippen LogP) is 2.61. The first kappa shape index (κ1) is 29.7. The van der Waals surface area contributed by atoms with Gasteiger partial charge in [0, 0.05) is 12.4 Å². The van der Waals surface area contributed by atoms with E-state index in [1.165, 1.54) is 6.20 Å². The number of nitrogens with zero attached hydrogens (tertiary/aromatic N) is 6. The first-order chi connectivity index (χ1) is 20.0. The van der Waals surface area contributed by atoms with Crippen molar-refractivity contribution in [3.05, 3.63) is 82.9 Å². The number of anilines is 1. The fraction of sp³-hybridized carbons (Fsp3) is 0.321. The molecule has 14 heteroatoms. The Hall–Kier alpha value is -5.27. The van der Waals surface area contributed by atoms with Crippen molar-refractivity contribution in [2.45, 2.75) is 45.7 Å². The van der Waals surface area contributed by atoms with Crippen LogP contribution in [0.5, 0.6) is 0 Å². The summed E-state index contributed by atoms with van der Waals surface area (Å²) < 4.78 is 11.4. The summed E-state index contributed by atoms with van der Waals surface area (Å²) in [6, 6.07) is 9.45. The summed E-state index contributed by atoms with van der Waals surface area (Å²) in [6.45, 7) is 6.58. The minimum Gasteiger partial charge on any atom is -0.453 e. The second-order valence-corrected chi connectivity index (χ2v) is 10.1. The summed E-state index contributed by atoms with van der Waals surface area (Å²) in [6.07, 6.45) is 3.64. The van der Waals surface area contributed by atoms with Gasteiger partial charge in [0.1, 0.15) is 17.8 Å². The van der Waals surface area contributed by atoms with Crippen LogP contribution in [-0.2, 0) is 21.5 Å². The Kier molecular flexibility index (Phi) is 8.84. The number of ketones is 1. The van der Waals surface area contributed by atoms with E-state index in [4.69, 9.17) is 4.42 Å². The van der Waals surface area contributed by atoms with Crippen LogP contribution in [0.25, 0.3) is 11.3 Å². The Labute approximate surface area is 240 Å². The van der Waals surface area contributed by atoms with Gasteiger partial charge >= 0.3 is 6.09 Å². The van der Waals surface area contributed by atoms with E-state index in [2.05, 4.69) is 40.5 Å². The van der Waals surface area contributed by atoms with Crippen molar-refractivity contribution in [2.24, 2.45) is 5.92 Å². The van der Waals surface area contributed by atoms with Crippen molar-refractivity contribution < 1.29 is 23.5 Å². The van der Waals surface area contributed by atoms with Crippen molar-refractivity contribution in [2.75, 3.05) is 12.4 Å². The van der Waals surface area contributed by atoms with Crippen molar-refractivity contribution in [3.8, 4) is 11.3 Å². The molecule has 0 unspecified atom stereocenters. The van der Waals surface area contributed by atoms with Gasteiger partial charge in [0.05, 0.1) is 25.0 Å². The van der Waals surface area contributed by atoms with Gasteiger partial charge in [0.15, 0.2) is 0 Å². The second kappa shape index (κ2) is 12.5. The third-order valence-corrected chi connectivity index (χ3v) is 6.39. The molecule has 0 radical (unpaired) electrons. The van der Waals surface area contributed by atoms with Gasteiger partial charge in [-0.3, -0.25) is 24.3 Å². The van der Waals surface area contributed by atoms with Gasteiger partial charge in [0.2, 0.25) is 23.4 Å². The van der Waals surface area contributed by atoms with Crippen LogP contribution in [0.1, 0.15) is 50.1 Å². The van der Waals surface area contributed by atoms with E-state index in [1.54, 1.807) is 76.5 Å². The molecule has 218 valence electrons. The van der Waals surface area contributed by atoms with Crippen LogP contribution in [0.4, 0.5) is 10.6 Å². The Morgan fingerprint density at radius 2 is 1.71 bits per heavy atom. The third-order valence-electron chi connectivity index (χ3n) is 6.39. The summed E-state index contributed by atoms with van der Waals surface area (Å²) in [7, 11) is 1.14. The van der Waals surface area contributed by atoms with Crippen molar-refractivity contribution >= 4 is 23.6 Å². The van der Waals surface area contributed by atoms with E-state index in [0.717, 1.165) is 11.7 Å². The molecular formula is C28H30N8O6. The van der Waals surface area contributed by atoms with Gasteiger partial charge < -0.3 is 14.5 Å². The van der Waals surface area contributed by atoms with Gasteiger partial charge in [-0.25, -0.2) is 19.7 Å². The molecule has 0 fully saturated rings. The maximum Gasteiger partial charge on any atom is 0.412 e. The molecule has 0 aliphatic rings. The predicted molar refractivity (Wildman–Crippen MR) is 150 cm³/mol. The summed E-state index contributed by atoms with van der Waals surface area (Å²) in [5, 5.41) is 12.9. The molecule has 0 aliphatic heterocycles. The molecule has 42 heavy (non-hydrogen) atoms. The maximum atomic E-state index is 13.4. The maximum absolute atomic E-state index is 13.4. The molecule has 0 aliphatic carbocycles. The third kappa shape index (κ3) is 6.37. The lowest BCUT2D eigenvalue weighted by Gasteiger charge is -2.21. The number of methoxy groups -OCH3 is 1. The molecule has 2 amide bonds. The Morgan fingerprint density at radius 1 is 1.02 bits per heavy atom. The zero-order valence-electron chi connectivity index (χ0n) is 23.7. The normalized spacial score (nSPS) is 12.0. The largest absolute Gasteiger partial charge is 0.453 e. The number of rotatable bonds is 10. The summed E-state index contributed by atoms with van der Waals surface area (Å²) >= 11 is 0. The van der Waals surface area contributed by atoms with Crippen LogP contribution >= 0.6 is 0 Å². The Morgan fingerprint density at radius 3 is 2.36 bits per heavy atom. The molecule has 2 N–H and O–H groups in total. The molecule has 1 aromatic carbocycles. The lowest BCUT2D eigenvalue weighted by atomic mass is 9.92. The fourth-order valence-electron chi connectivity index (χ4n) is 4.04. The molecule has 0 spiro atoms. The van der Waals surface area contributed by atoms with Crippen LogP contribution in [0.3, 0.4) is 0 Å². The highest BCUT2D eigenvalue weighted by atomic mass is 16.5. The number of benzene rings is 1. The minimum absolute atomic E-state index is 0.132. The second-order valence-electron chi connectivity index (χ2n) is 10.1. The number of carbonyl (C=O) groups is 3. The summed E-state index contributed by atoms with van der Waals surface area (Å²) in [4.78, 5) is 64.3. The smallest absolute Gasteiger partial charge is 0.412 e. The van der Waals surface area contributed by atoms with Crippen LogP contribution in [0, 0.1) is 5.92 Å². The summed E-state index contributed by atoms with van der Waals surface area (Å²) in [5.74, 6) is -1.67. The zero-order chi connectivity index (χ0) is 30.4. The van der Waals surface area contributed by atoms with E-state index in [0.29, 0.717) is 17.1 Å². The van der Waals surface area contributed by atoms with Gasteiger partial charge in [-0.1, -0.05) is 44.2 Å². The molecule has 3 heterocycles. The molecule has 0 saturated heterocycles. The molecule has 1 atom stereocenters. The number of nitrogens with one attached hydrogen (secondary N) is 2. The molecule has 3 aromatic heterocycles. The molecular weight excluding hydrogens is 544 g/mol. The van der Waals surface area contributed by atoms with E-state index in [1.807, 2.05) is 0 Å². The van der Waals surface area contributed by atoms with E-state index in [9.17, 15) is 19.2 Å². The van der Waals surface area contributed by atoms with Crippen molar-refractivity contribution in [3.63, 3.8) is 0 Å². The highest BCUT2D eigenvalue weighted by Crippen LogP contribution is 2.28. The van der Waals surface area contributed by atoms with Crippen LogP contribution in [0.2, 0.25) is 0 Å². The number of ether oxygens (including phenoxy) is 1. The monoisotopic (exact) mass is 574 g/mol. The Bertz CT molecular complexity index is 1630. The van der Waals surface area contributed by atoms with E-state index >= 15 is 0 Å². The highest BCUT2D eigenvalue weighted by Gasteiger charge is 2.35. The minimum atomic E-state index is -1.05. The van der Waals surface area contributed by atoms with E-state index in [-0.39, 0.29) is 23.5 Å². The molecule has 0 bridgehead atoms. The number of hydrogen-bond donors (Lipinski definition) is 2. The highest BCUT2D eigenvalue weighted by molar-refractivity contribution is 5.98. The topological polar surface area (TPSA) is 184 Å². The number of aromatic nitrogens is 6. The first-order valence-electron chi connectivity index (χ1n) is 13.0. The lowest BCUT2D eigenvalue weighted by molar-refractivity contribution is -0.122. The van der Waals surface area contributed by atoms with Gasteiger partial charge in [-0.2, -0.15) is 0 Å². The van der Waals surface area contributed by atoms with Gasteiger partial charge in [0.25, 0.3) is 11.4 Å². The van der Waals surface area contributed by atoms with Crippen molar-refractivity contribution in [1.82, 2.24) is 35.0 Å². The average molecular weight is 575 g/mol. The molecule has 4 rings (SSSR count). The fourth-order valence-corrected chi connectivity index (χ4v) is 4.04. The quantitative estimate of drug-likeness (QED) is 0.265. The Balaban J connectivity index is 1.60. The van der Waals surface area contributed by atoms with Gasteiger partial charge in [-0.05, 0) is 31.4 Å². The molecule has 0 saturated carbocycles. The zero-order valence-corrected chi connectivity index (χ0v) is 23.7. The van der Waals surface area contributed by atoms with Crippen molar-refractivity contribution in [1.29, 1.82) is 0 Å². The van der Waals surface area contributed by atoms with E-state index < -0.39 is 41.3 Å². The molecule has 4 aromatic rings. The number of carbonyl (C=O) groups excluding carboxylic acids is 3. The van der Waals surface area contributed by atoms with Crippen LogP contribution in [0.15, 0.2) is 64.2 Å². The standard InChI is InChI=1S/C28H30N8O6/c1-16(2)20(21(38)23-34-35-26(42-23)28(3,4)25-29-12-9-13-30-25)32-19(37)15-36-18(17-10-7-6-8-11-17)14-31-22(24(36)39)33-27(40)41-5/h6-14,16,20H,15H2,1-5H3,(H,32,37)(H,31,33,40)/t20-/m0/s1. The summed E-state index contributed by atoms with van der Waals surface area (Å²) in [5.41, 5.74) is -0.684. The first-order valence-corrected chi connectivity index (χ1v) is 13.0. The van der Waals surface area contributed by atoms with Gasteiger partial charge in [-0.15, -0.1) is 10.2 Å². The SMILES string of the molecule is COC(=O)Nc1ncc(-c2ccccc2)n(CC(=O)N[C@H](C(=O)c2nnc(C(C)(C)c3ncccn3)o2)C(C)C)c1=O. The number of Topliss-reactive ketones (excluding diaryl/α,β-unsaturated/α-hetero) is 1. The lowest BCUT2D eigenvalue weighted by Crippen LogP contribution is -2.46. The van der Waals surface area contributed by atoms with Crippen LogP contribution in [-0.4, -0.2) is 60.7 Å². The average Bonchev–Trinajstić information content (AvgIpc) is 3.50. The number of hydrogen-bond acceptors (Lipinski definition) is 11.